The molecule has 244 valence electrons. The van der Waals surface area contributed by atoms with Gasteiger partial charge in [-0.1, -0.05) is 159 Å². The standard InChI is InChI=1S/C47H36N4/c1-47(2)41-28-35(25-27-39(41)40-19-11-17-36(29-48)43(40)47)30-20-22-32(23-21-30)38-26-24-31-12-9-10-18-37(31)42(38)46-50-44(33-13-5-3-6-14-33)49-45(51-46)34-15-7-4-8-16-34/h3-28,44,46,50H,1-2H3,(H,49,51). The van der Waals surface area contributed by atoms with Crippen LogP contribution in [-0.2, 0) is 5.41 Å². The third kappa shape index (κ3) is 5.22. The Morgan fingerprint density at radius 2 is 1.29 bits per heavy atom. The fourth-order valence-electron chi connectivity index (χ4n) is 8.11. The van der Waals surface area contributed by atoms with Gasteiger partial charge in [-0.25, -0.2) is 4.99 Å². The average Bonchev–Trinajstić information content (AvgIpc) is 3.43. The first kappa shape index (κ1) is 30.8. The maximum atomic E-state index is 9.89. The Kier molecular flexibility index (Phi) is 7.38. The second-order valence-corrected chi connectivity index (χ2v) is 14.0. The highest BCUT2D eigenvalue weighted by Gasteiger charge is 2.37. The summed E-state index contributed by atoms with van der Waals surface area (Å²) in [6.07, 6.45) is -0.427. The first-order valence-corrected chi connectivity index (χ1v) is 17.5. The minimum atomic E-state index is -0.257. The Morgan fingerprint density at radius 3 is 2.08 bits per heavy atom. The van der Waals surface area contributed by atoms with Gasteiger partial charge in [0, 0.05) is 16.5 Å². The van der Waals surface area contributed by atoms with Crippen molar-refractivity contribution in [3.05, 3.63) is 191 Å². The van der Waals surface area contributed by atoms with Crippen LogP contribution < -0.4 is 10.6 Å². The molecule has 0 bridgehead atoms. The molecule has 4 heteroatoms. The van der Waals surface area contributed by atoms with Crippen molar-refractivity contribution < 1.29 is 0 Å². The molecule has 0 saturated carbocycles. The predicted molar refractivity (Wildman–Crippen MR) is 208 cm³/mol. The van der Waals surface area contributed by atoms with Crippen molar-refractivity contribution in [2.75, 3.05) is 0 Å². The topological polar surface area (TPSA) is 60.2 Å². The monoisotopic (exact) mass is 656 g/mol. The van der Waals surface area contributed by atoms with Gasteiger partial charge in [0.1, 0.15) is 18.2 Å². The molecular weight excluding hydrogens is 621 g/mol. The fraction of sp³-hybridized carbons (Fsp3) is 0.106. The molecule has 0 aromatic heterocycles. The van der Waals surface area contributed by atoms with Gasteiger partial charge in [-0.15, -0.1) is 0 Å². The zero-order valence-corrected chi connectivity index (χ0v) is 28.6. The molecule has 1 heterocycles. The van der Waals surface area contributed by atoms with Crippen LogP contribution in [0.4, 0.5) is 0 Å². The number of hydrogen-bond acceptors (Lipinski definition) is 4. The van der Waals surface area contributed by atoms with E-state index in [1.165, 1.54) is 44.2 Å². The molecule has 2 N–H and O–H groups in total. The molecule has 4 nitrogen and oxygen atoms in total. The zero-order chi connectivity index (χ0) is 34.5. The van der Waals surface area contributed by atoms with Gasteiger partial charge in [-0.05, 0) is 73.0 Å². The molecule has 0 saturated heterocycles. The Bertz CT molecular complexity index is 2510. The van der Waals surface area contributed by atoms with Crippen LogP contribution in [0.3, 0.4) is 0 Å². The van der Waals surface area contributed by atoms with Crippen molar-refractivity contribution in [2.24, 2.45) is 4.99 Å². The van der Waals surface area contributed by atoms with Crippen LogP contribution in [0, 0.1) is 11.3 Å². The van der Waals surface area contributed by atoms with Gasteiger partial charge in [-0.2, -0.15) is 5.26 Å². The normalized spacial score (nSPS) is 17.2. The molecule has 7 aromatic rings. The third-order valence-corrected chi connectivity index (χ3v) is 10.6. The van der Waals surface area contributed by atoms with Crippen LogP contribution in [0.1, 0.15) is 59.6 Å². The maximum Gasteiger partial charge on any atom is 0.131 e. The molecular formula is C47H36N4. The highest BCUT2D eigenvalue weighted by molar-refractivity contribution is 6.01. The van der Waals surface area contributed by atoms with E-state index in [9.17, 15) is 5.26 Å². The predicted octanol–water partition coefficient (Wildman–Crippen LogP) is 10.7. The lowest BCUT2D eigenvalue weighted by molar-refractivity contribution is 0.411. The van der Waals surface area contributed by atoms with Crippen molar-refractivity contribution in [1.29, 1.82) is 5.26 Å². The van der Waals surface area contributed by atoms with Crippen molar-refractivity contribution in [1.82, 2.24) is 10.6 Å². The van der Waals surface area contributed by atoms with E-state index in [4.69, 9.17) is 4.99 Å². The fourth-order valence-corrected chi connectivity index (χ4v) is 8.11. The number of benzene rings is 7. The molecule has 9 rings (SSSR count). The van der Waals surface area contributed by atoms with Crippen molar-refractivity contribution in [2.45, 2.75) is 31.6 Å². The van der Waals surface area contributed by atoms with Crippen molar-refractivity contribution >= 4 is 16.6 Å². The molecule has 0 radical (unpaired) electrons. The van der Waals surface area contributed by atoms with Gasteiger partial charge in [-0.3, -0.25) is 5.32 Å². The Morgan fingerprint density at radius 1 is 0.608 bits per heavy atom. The van der Waals surface area contributed by atoms with Crippen LogP contribution in [0.2, 0.25) is 0 Å². The number of amidine groups is 1. The summed E-state index contributed by atoms with van der Waals surface area (Å²) in [7, 11) is 0. The first-order chi connectivity index (χ1) is 25.0. The summed E-state index contributed by atoms with van der Waals surface area (Å²) < 4.78 is 0. The molecule has 0 amide bonds. The molecule has 51 heavy (non-hydrogen) atoms. The highest BCUT2D eigenvalue weighted by atomic mass is 15.3. The number of nitrogens with one attached hydrogen (secondary N) is 2. The summed E-state index contributed by atoms with van der Waals surface area (Å²) >= 11 is 0. The van der Waals surface area contributed by atoms with E-state index in [-0.39, 0.29) is 17.7 Å². The van der Waals surface area contributed by atoms with E-state index in [0.29, 0.717) is 0 Å². The van der Waals surface area contributed by atoms with Gasteiger partial charge < -0.3 is 5.32 Å². The Hall–Kier alpha value is -6.28. The molecule has 0 fully saturated rings. The lowest BCUT2D eigenvalue weighted by Crippen LogP contribution is -2.45. The summed E-state index contributed by atoms with van der Waals surface area (Å²) in [5, 5.41) is 19.9. The van der Waals surface area contributed by atoms with Crippen LogP contribution in [0.5, 0.6) is 0 Å². The summed E-state index contributed by atoms with van der Waals surface area (Å²) in [6.45, 7) is 4.46. The lowest BCUT2D eigenvalue weighted by Gasteiger charge is -2.34. The molecule has 2 unspecified atom stereocenters. The van der Waals surface area contributed by atoms with Gasteiger partial charge in [0.15, 0.2) is 0 Å². The van der Waals surface area contributed by atoms with Crippen LogP contribution in [0.15, 0.2) is 163 Å². The zero-order valence-electron chi connectivity index (χ0n) is 28.6. The number of fused-ring (bicyclic) bond motifs is 4. The van der Waals surface area contributed by atoms with E-state index < -0.39 is 0 Å². The molecule has 0 spiro atoms. The second-order valence-electron chi connectivity index (χ2n) is 14.0. The van der Waals surface area contributed by atoms with Crippen LogP contribution in [0.25, 0.3) is 44.2 Å². The molecule has 1 aliphatic heterocycles. The minimum Gasteiger partial charge on any atom is -0.350 e. The van der Waals surface area contributed by atoms with Crippen molar-refractivity contribution in [3.8, 4) is 39.4 Å². The number of rotatable bonds is 5. The minimum absolute atomic E-state index is 0.206. The largest absolute Gasteiger partial charge is 0.350 e. The number of aliphatic imine (C=N–C) groups is 1. The van der Waals surface area contributed by atoms with E-state index in [0.717, 1.165) is 39.2 Å². The number of nitriles is 1. The van der Waals surface area contributed by atoms with E-state index >= 15 is 0 Å². The van der Waals surface area contributed by atoms with Crippen LogP contribution in [-0.4, -0.2) is 5.84 Å². The highest BCUT2D eigenvalue weighted by Crippen LogP contribution is 2.51. The summed E-state index contributed by atoms with van der Waals surface area (Å²) in [6, 6.07) is 58.1. The number of nitrogens with zero attached hydrogens (tertiary/aromatic N) is 2. The van der Waals surface area contributed by atoms with E-state index in [1.807, 2.05) is 24.3 Å². The number of hydrogen-bond donors (Lipinski definition) is 2. The quantitative estimate of drug-likeness (QED) is 0.194. The summed E-state index contributed by atoms with van der Waals surface area (Å²) in [5.41, 5.74) is 13.3. The lowest BCUT2D eigenvalue weighted by atomic mass is 9.79. The second kappa shape index (κ2) is 12.2. The van der Waals surface area contributed by atoms with Gasteiger partial charge in [0.2, 0.25) is 0 Å². The Balaban J connectivity index is 1.12. The van der Waals surface area contributed by atoms with E-state index in [1.54, 1.807) is 0 Å². The summed E-state index contributed by atoms with van der Waals surface area (Å²) in [5.74, 6) is 0.867. The molecule has 2 atom stereocenters. The SMILES string of the molecule is CC1(C)c2cc(-c3ccc(-c4ccc5ccccc5c4C4NC(c5ccccc5)=NC(c5ccccc5)N4)cc3)ccc2-c2cccc(C#N)c21. The van der Waals surface area contributed by atoms with Gasteiger partial charge >= 0.3 is 0 Å². The van der Waals surface area contributed by atoms with Gasteiger partial charge in [0.05, 0.1) is 11.6 Å². The average molecular weight is 657 g/mol. The molecule has 2 aliphatic rings. The summed E-state index contributed by atoms with van der Waals surface area (Å²) in [4.78, 5) is 5.16. The van der Waals surface area contributed by atoms with Crippen LogP contribution >= 0.6 is 0 Å². The first-order valence-electron chi connectivity index (χ1n) is 17.5. The molecule has 7 aromatic carbocycles. The third-order valence-electron chi connectivity index (χ3n) is 10.6. The maximum absolute atomic E-state index is 9.89. The van der Waals surface area contributed by atoms with Crippen molar-refractivity contribution in [3.63, 3.8) is 0 Å². The molecule has 1 aliphatic carbocycles. The van der Waals surface area contributed by atoms with E-state index in [2.05, 4.69) is 164 Å². The van der Waals surface area contributed by atoms with Gasteiger partial charge in [0.25, 0.3) is 0 Å². The Labute approximate surface area is 298 Å². The smallest absolute Gasteiger partial charge is 0.131 e.